The van der Waals surface area contributed by atoms with Crippen molar-refractivity contribution in [3.63, 3.8) is 0 Å². The van der Waals surface area contributed by atoms with Gasteiger partial charge in [0.1, 0.15) is 0 Å². The van der Waals surface area contributed by atoms with Crippen LogP contribution < -0.4 is 5.32 Å². The van der Waals surface area contributed by atoms with Crippen LogP contribution in [0.5, 0.6) is 0 Å². The average Bonchev–Trinajstić information content (AvgIpc) is 3.14. The number of unbranched alkanes of at least 4 members (excludes halogenated alkanes) is 1. The Hall–Kier alpha value is -0.770. The minimum atomic E-state index is 0.105. The normalized spacial score (nSPS) is 21.4. The van der Waals surface area contributed by atoms with Gasteiger partial charge in [-0.3, -0.25) is 0 Å². The third-order valence-electron chi connectivity index (χ3n) is 4.53. The van der Waals surface area contributed by atoms with E-state index >= 15 is 0 Å². The van der Waals surface area contributed by atoms with Gasteiger partial charge >= 0.3 is 6.03 Å². The van der Waals surface area contributed by atoms with Crippen LogP contribution in [0, 0.1) is 5.41 Å². The summed E-state index contributed by atoms with van der Waals surface area (Å²) in [6, 6.07) is 0.559. The monoisotopic (exact) mass is 268 g/mol. The first-order valence-corrected chi connectivity index (χ1v) is 7.80. The average molecular weight is 268 g/mol. The fraction of sp³-hybridized carbons (Fsp3) is 0.933. The lowest BCUT2D eigenvalue weighted by molar-refractivity contribution is 0.184. The van der Waals surface area contributed by atoms with E-state index < -0.39 is 0 Å². The van der Waals surface area contributed by atoms with Gasteiger partial charge in [-0.15, -0.1) is 0 Å². The van der Waals surface area contributed by atoms with Gasteiger partial charge in [-0.2, -0.15) is 0 Å². The van der Waals surface area contributed by atoms with Gasteiger partial charge in [0.15, 0.2) is 0 Å². The molecule has 2 aliphatic carbocycles. The minimum absolute atomic E-state index is 0.105. The Kier molecular flexibility index (Phi) is 5.08. The third-order valence-corrected chi connectivity index (χ3v) is 4.53. The van der Waals surface area contributed by atoms with Gasteiger partial charge in [0, 0.05) is 25.7 Å². The van der Waals surface area contributed by atoms with Gasteiger partial charge in [0.2, 0.25) is 0 Å². The van der Waals surface area contributed by atoms with Crippen molar-refractivity contribution >= 4 is 6.03 Å². The van der Waals surface area contributed by atoms with Gasteiger partial charge in [-0.25, -0.2) is 4.79 Å². The van der Waals surface area contributed by atoms with Crippen molar-refractivity contribution in [2.45, 2.75) is 64.3 Å². The van der Waals surface area contributed by atoms with Gasteiger partial charge in [0.05, 0.1) is 0 Å². The second-order valence-corrected chi connectivity index (χ2v) is 6.53. The molecule has 0 spiro atoms. The fourth-order valence-electron chi connectivity index (χ4n) is 3.03. The molecular formula is C15H28N2O2. The summed E-state index contributed by atoms with van der Waals surface area (Å²) in [7, 11) is 0. The molecular weight excluding hydrogens is 240 g/mol. The molecule has 2 N–H and O–H groups in total. The third kappa shape index (κ3) is 4.37. The number of aliphatic hydroxyl groups excluding tert-OH is 1. The Morgan fingerprint density at radius 2 is 2.00 bits per heavy atom. The first-order chi connectivity index (χ1) is 9.14. The zero-order chi connectivity index (χ0) is 13.7. The molecule has 0 aromatic carbocycles. The standard InChI is InChI=1S/C15H28N2O2/c1-15(8-2-3-9-15)12-16-14(19)17(13-6-7-13)10-4-5-11-18/h13,18H,2-12H2,1H3,(H,16,19). The molecule has 0 heterocycles. The van der Waals surface area contributed by atoms with Crippen molar-refractivity contribution in [3.8, 4) is 0 Å². The van der Waals surface area contributed by atoms with Crippen LogP contribution in [0.15, 0.2) is 0 Å². The highest BCUT2D eigenvalue weighted by Crippen LogP contribution is 2.36. The molecule has 0 bridgehead atoms. The lowest BCUT2D eigenvalue weighted by atomic mass is 9.89. The van der Waals surface area contributed by atoms with Crippen molar-refractivity contribution < 1.29 is 9.90 Å². The summed E-state index contributed by atoms with van der Waals surface area (Å²) in [5, 5.41) is 12.0. The molecule has 4 nitrogen and oxygen atoms in total. The molecule has 0 saturated heterocycles. The Bertz CT molecular complexity index is 297. The van der Waals surface area contributed by atoms with E-state index in [4.69, 9.17) is 5.11 Å². The Balaban J connectivity index is 1.75. The molecule has 2 amide bonds. The van der Waals surface area contributed by atoms with Gasteiger partial charge < -0.3 is 15.3 Å². The number of aliphatic hydroxyl groups is 1. The van der Waals surface area contributed by atoms with E-state index in [0.29, 0.717) is 11.5 Å². The number of nitrogens with one attached hydrogen (secondary N) is 1. The number of nitrogens with zero attached hydrogens (tertiary/aromatic N) is 1. The number of rotatable bonds is 7. The largest absolute Gasteiger partial charge is 0.396 e. The van der Waals surface area contributed by atoms with Crippen LogP contribution in [0.2, 0.25) is 0 Å². The molecule has 2 fully saturated rings. The number of urea groups is 1. The first-order valence-electron chi connectivity index (χ1n) is 7.80. The van der Waals surface area contributed by atoms with E-state index in [2.05, 4.69) is 12.2 Å². The van der Waals surface area contributed by atoms with E-state index in [-0.39, 0.29) is 12.6 Å². The minimum Gasteiger partial charge on any atom is -0.396 e. The van der Waals surface area contributed by atoms with E-state index in [1.807, 2.05) is 4.90 Å². The smallest absolute Gasteiger partial charge is 0.317 e. The van der Waals surface area contributed by atoms with Crippen LogP contribution in [0.25, 0.3) is 0 Å². The summed E-state index contributed by atoms with van der Waals surface area (Å²) >= 11 is 0. The van der Waals surface area contributed by atoms with Gasteiger partial charge in [0.25, 0.3) is 0 Å². The van der Waals surface area contributed by atoms with Crippen LogP contribution in [-0.2, 0) is 0 Å². The van der Waals surface area contributed by atoms with Crippen molar-refractivity contribution in [2.75, 3.05) is 19.7 Å². The number of carbonyl (C=O) groups excluding carboxylic acids is 1. The Labute approximate surface area is 116 Å². The molecule has 4 heteroatoms. The van der Waals surface area contributed by atoms with E-state index in [1.165, 1.54) is 25.7 Å². The van der Waals surface area contributed by atoms with Crippen molar-refractivity contribution in [2.24, 2.45) is 5.41 Å². The van der Waals surface area contributed by atoms with Crippen molar-refractivity contribution in [1.82, 2.24) is 10.2 Å². The Morgan fingerprint density at radius 3 is 2.58 bits per heavy atom. The molecule has 2 rings (SSSR count). The van der Waals surface area contributed by atoms with E-state index in [0.717, 1.165) is 38.8 Å². The summed E-state index contributed by atoms with van der Waals surface area (Å²) in [6.07, 6.45) is 9.05. The number of amides is 2. The van der Waals surface area contributed by atoms with Crippen LogP contribution in [0.3, 0.4) is 0 Å². The highest BCUT2D eigenvalue weighted by Gasteiger charge is 2.34. The predicted molar refractivity (Wildman–Crippen MR) is 76.0 cm³/mol. The molecule has 0 unspecified atom stereocenters. The maximum Gasteiger partial charge on any atom is 0.317 e. The molecule has 19 heavy (non-hydrogen) atoms. The summed E-state index contributed by atoms with van der Waals surface area (Å²) in [4.78, 5) is 14.3. The van der Waals surface area contributed by atoms with Crippen LogP contribution >= 0.6 is 0 Å². The zero-order valence-corrected chi connectivity index (χ0v) is 12.2. The molecule has 110 valence electrons. The maximum atomic E-state index is 12.3. The molecule has 0 atom stereocenters. The second-order valence-electron chi connectivity index (χ2n) is 6.53. The number of hydrogen-bond donors (Lipinski definition) is 2. The molecule has 2 saturated carbocycles. The van der Waals surface area contributed by atoms with Crippen molar-refractivity contribution in [3.05, 3.63) is 0 Å². The zero-order valence-electron chi connectivity index (χ0n) is 12.2. The highest BCUT2D eigenvalue weighted by molar-refractivity contribution is 5.75. The lowest BCUT2D eigenvalue weighted by Gasteiger charge is -2.28. The summed E-state index contributed by atoms with van der Waals surface area (Å²) in [6.45, 7) is 4.11. The van der Waals surface area contributed by atoms with Crippen LogP contribution in [-0.4, -0.2) is 41.8 Å². The Morgan fingerprint density at radius 1 is 1.32 bits per heavy atom. The molecule has 0 aromatic heterocycles. The topological polar surface area (TPSA) is 52.6 Å². The summed E-state index contributed by atoms with van der Waals surface area (Å²) in [5.74, 6) is 0. The fourth-order valence-corrected chi connectivity index (χ4v) is 3.03. The molecule has 2 aliphatic rings. The van der Waals surface area contributed by atoms with E-state index in [9.17, 15) is 4.79 Å². The van der Waals surface area contributed by atoms with Crippen LogP contribution in [0.1, 0.15) is 58.3 Å². The SMILES string of the molecule is CC1(CNC(=O)N(CCCCO)C2CC2)CCCC1. The quantitative estimate of drug-likeness (QED) is 0.697. The number of hydrogen-bond acceptors (Lipinski definition) is 2. The van der Waals surface area contributed by atoms with Gasteiger partial charge in [-0.1, -0.05) is 19.8 Å². The summed E-state index contributed by atoms with van der Waals surface area (Å²) in [5.41, 5.74) is 0.315. The van der Waals surface area contributed by atoms with Crippen LogP contribution in [0.4, 0.5) is 4.79 Å². The molecule has 0 aromatic rings. The predicted octanol–water partition coefficient (Wildman–Crippen LogP) is 2.51. The second kappa shape index (κ2) is 6.60. The maximum absolute atomic E-state index is 12.3. The lowest BCUT2D eigenvalue weighted by Crippen LogP contribution is -2.45. The summed E-state index contributed by atoms with van der Waals surface area (Å²) < 4.78 is 0. The van der Waals surface area contributed by atoms with Gasteiger partial charge in [-0.05, 0) is 43.9 Å². The first kappa shape index (κ1) is 14.6. The number of carbonyl (C=O) groups is 1. The highest BCUT2D eigenvalue weighted by atomic mass is 16.3. The van der Waals surface area contributed by atoms with Crippen molar-refractivity contribution in [1.29, 1.82) is 0 Å². The van der Waals surface area contributed by atoms with E-state index in [1.54, 1.807) is 0 Å². The molecule has 0 radical (unpaired) electrons. The molecule has 0 aliphatic heterocycles.